The number of rotatable bonds is 26. The van der Waals surface area contributed by atoms with Crippen molar-refractivity contribution in [3.05, 3.63) is 154 Å². The highest BCUT2D eigenvalue weighted by Gasteiger charge is 2.38. The molecule has 2 aliphatic heterocycles. The van der Waals surface area contributed by atoms with Crippen LogP contribution in [0.5, 0.6) is 23.0 Å². The molecule has 0 bridgehead atoms. The maximum atomic E-state index is 13.6. The molecular weight excluding hydrogens is 1080 g/mol. The number of halogens is 2. The van der Waals surface area contributed by atoms with Gasteiger partial charge >= 0.3 is 11.9 Å². The highest BCUT2D eigenvalue weighted by atomic mass is 19.1. The number of hydrogen-bond acceptors (Lipinski definition) is 16. The van der Waals surface area contributed by atoms with Gasteiger partial charge in [-0.2, -0.15) is 0 Å². The molecule has 0 radical (unpaired) electrons. The second-order valence-electron chi connectivity index (χ2n) is 22.3. The predicted molar refractivity (Wildman–Crippen MR) is 314 cm³/mol. The number of nitrogens with zero attached hydrogens (tertiary/aromatic N) is 2. The van der Waals surface area contributed by atoms with E-state index in [1.165, 1.54) is 38.5 Å². The van der Waals surface area contributed by atoms with Crippen molar-refractivity contribution in [2.75, 3.05) is 40.5 Å². The number of ether oxygens (including phenoxy) is 6. The lowest BCUT2D eigenvalue weighted by Gasteiger charge is -2.41. The van der Waals surface area contributed by atoms with Crippen LogP contribution in [0, 0.1) is 11.6 Å². The van der Waals surface area contributed by atoms with E-state index in [-0.39, 0.29) is 98.0 Å². The molecular formula is C66H78F2N4O12. The third-order valence-electron chi connectivity index (χ3n) is 15.4. The maximum Gasteiger partial charge on any atom is 0.305 e. The molecule has 2 fully saturated rings. The van der Waals surface area contributed by atoms with E-state index < -0.39 is 23.4 Å². The fourth-order valence-corrected chi connectivity index (χ4v) is 9.56. The molecule has 16 nitrogen and oxygen atoms in total. The normalized spacial score (nSPS) is 18.4. The standard InChI is InChI=1S/2C33H39FN2O6/c2*1-6-31(38)42-21(2)20-41-28-12-9-23(17-29(28)40-5)27(37)13-14-33(4,39)30-19-24(32(3)15-16-35-32)18-26(36-30)22-7-10-25(34)11-8-22/h2*7-12,17-19,21,35,39H,6,13-16,20H2,1-5H3/t21-,32+,33?;21-,32+,33-/m11/s1. The minimum atomic E-state index is -1.40. The number of esters is 2. The van der Waals surface area contributed by atoms with E-state index in [1.54, 1.807) is 102 Å². The fraction of sp³-hybridized carbons (Fsp3) is 0.424. The Hall–Kier alpha value is -7.64. The van der Waals surface area contributed by atoms with Crippen molar-refractivity contribution < 1.29 is 66.6 Å². The van der Waals surface area contributed by atoms with Gasteiger partial charge in [0, 0.05) is 59.0 Å². The zero-order valence-corrected chi connectivity index (χ0v) is 49.7. The summed E-state index contributed by atoms with van der Waals surface area (Å²) < 4.78 is 60.0. The first-order valence-corrected chi connectivity index (χ1v) is 28.5. The molecule has 4 aromatic carbocycles. The summed E-state index contributed by atoms with van der Waals surface area (Å²) in [7, 11) is 2.97. The number of carbonyl (C=O) groups excluding carboxylic acids is 4. The number of aliphatic hydroxyl groups is 2. The highest BCUT2D eigenvalue weighted by Crippen LogP contribution is 2.39. The summed E-state index contributed by atoms with van der Waals surface area (Å²) in [5.41, 5.74) is 3.09. The number of nitrogens with one attached hydrogen (secondary N) is 2. The number of methoxy groups -OCH3 is 2. The van der Waals surface area contributed by atoms with E-state index in [1.807, 2.05) is 24.3 Å². The summed E-state index contributed by atoms with van der Waals surface area (Å²) in [6.07, 6.45) is 1.95. The van der Waals surface area contributed by atoms with E-state index in [2.05, 4.69) is 24.5 Å². The number of hydrogen-bond donors (Lipinski definition) is 4. The van der Waals surface area contributed by atoms with Crippen molar-refractivity contribution >= 4 is 23.5 Å². The summed E-state index contributed by atoms with van der Waals surface area (Å²) in [6, 6.07) is 29.7. The number of Topliss-reactive ketones (excluding diaryl/α,β-unsaturated/α-hetero) is 2. The molecule has 4 heterocycles. The van der Waals surface area contributed by atoms with Crippen molar-refractivity contribution in [3.63, 3.8) is 0 Å². The molecule has 84 heavy (non-hydrogen) atoms. The molecule has 4 N–H and O–H groups in total. The average molecular weight is 1160 g/mol. The zero-order chi connectivity index (χ0) is 61.0. The van der Waals surface area contributed by atoms with Crippen LogP contribution in [0.4, 0.5) is 8.78 Å². The van der Waals surface area contributed by atoms with Crippen molar-refractivity contribution in [2.45, 2.75) is 141 Å². The van der Waals surface area contributed by atoms with Crippen molar-refractivity contribution in [3.8, 4) is 45.5 Å². The first kappa shape index (κ1) is 63.9. The van der Waals surface area contributed by atoms with Crippen molar-refractivity contribution in [1.82, 2.24) is 20.6 Å². The molecule has 0 aliphatic carbocycles. The fourth-order valence-electron chi connectivity index (χ4n) is 9.56. The van der Waals surface area contributed by atoms with E-state index in [0.29, 0.717) is 56.9 Å². The van der Waals surface area contributed by atoms with Gasteiger partial charge in [0.25, 0.3) is 0 Å². The second-order valence-corrected chi connectivity index (χ2v) is 22.3. The highest BCUT2D eigenvalue weighted by molar-refractivity contribution is 5.97. The summed E-state index contributed by atoms with van der Waals surface area (Å²) in [5, 5.41) is 30.0. The molecule has 2 aliphatic rings. The number of aromatic nitrogens is 2. The Morgan fingerprint density at radius 1 is 0.571 bits per heavy atom. The monoisotopic (exact) mass is 1160 g/mol. The van der Waals surface area contributed by atoms with E-state index >= 15 is 0 Å². The van der Waals surface area contributed by atoms with Gasteiger partial charge in [0.05, 0.1) is 37.0 Å². The molecule has 448 valence electrons. The van der Waals surface area contributed by atoms with Gasteiger partial charge in [0.1, 0.15) is 48.3 Å². The van der Waals surface area contributed by atoms with Crippen LogP contribution in [0.3, 0.4) is 0 Å². The molecule has 2 aromatic heterocycles. The minimum Gasteiger partial charge on any atom is -0.493 e. The first-order chi connectivity index (χ1) is 39.9. The predicted octanol–water partition coefficient (Wildman–Crippen LogP) is 11.4. The van der Waals surface area contributed by atoms with E-state index in [4.69, 9.17) is 38.4 Å². The molecule has 1 unspecified atom stereocenters. The second kappa shape index (κ2) is 27.8. The Bertz CT molecular complexity index is 3050. The molecule has 8 rings (SSSR count). The van der Waals surface area contributed by atoms with Gasteiger partial charge in [0.2, 0.25) is 0 Å². The van der Waals surface area contributed by atoms with Crippen LogP contribution in [-0.4, -0.2) is 96.4 Å². The van der Waals surface area contributed by atoms with Gasteiger partial charge in [-0.15, -0.1) is 0 Å². The van der Waals surface area contributed by atoms with Gasteiger partial charge in [0.15, 0.2) is 34.6 Å². The maximum absolute atomic E-state index is 13.6. The zero-order valence-electron chi connectivity index (χ0n) is 49.7. The number of pyridine rings is 2. The minimum absolute atomic E-state index is 0.0632. The van der Waals surface area contributed by atoms with Gasteiger partial charge < -0.3 is 49.3 Å². The molecule has 6 atom stereocenters. The Morgan fingerprint density at radius 3 is 1.24 bits per heavy atom. The smallest absolute Gasteiger partial charge is 0.305 e. The summed E-state index contributed by atoms with van der Waals surface area (Å²) in [5.74, 6) is -0.0354. The van der Waals surface area contributed by atoms with Crippen molar-refractivity contribution in [1.29, 1.82) is 0 Å². The summed E-state index contributed by atoms with van der Waals surface area (Å²) in [6.45, 7) is 16.5. The molecule has 6 aromatic rings. The molecule has 0 amide bonds. The van der Waals surface area contributed by atoms with Gasteiger partial charge in [-0.1, -0.05) is 13.8 Å². The molecule has 0 saturated carbocycles. The Balaban J connectivity index is 0.000000241. The Morgan fingerprint density at radius 2 is 0.929 bits per heavy atom. The van der Waals surface area contributed by atoms with Crippen LogP contribution in [-0.2, 0) is 41.3 Å². The van der Waals surface area contributed by atoms with Crippen LogP contribution in [0.15, 0.2) is 109 Å². The van der Waals surface area contributed by atoms with Crippen molar-refractivity contribution in [2.24, 2.45) is 0 Å². The largest absolute Gasteiger partial charge is 0.493 e. The lowest BCUT2D eigenvalue weighted by molar-refractivity contribution is -0.150. The van der Waals surface area contributed by atoms with Crippen LogP contribution < -0.4 is 29.6 Å². The number of carbonyl (C=O) groups is 4. The first-order valence-electron chi connectivity index (χ1n) is 28.5. The lowest BCUT2D eigenvalue weighted by Crippen LogP contribution is -2.51. The van der Waals surface area contributed by atoms with Crippen LogP contribution in [0.1, 0.15) is 150 Å². The average Bonchev–Trinajstić information content (AvgIpc) is 2.58. The summed E-state index contributed by atoms with van der Waals surface area (Å²) >= 11 is 0. The van der Waals surface area contributed by atoms with Crippen LogP contribution in [0.25, 0.3) is 22.5 Å². The SMILES string of the molecule is CCC(=O)O[C@H](C)COc1ccc(C(=O)CCC(C)(O)c2cc([C@]3(C)CCN3)cc(-c3ccc(F)cc3)n2)cc1OC.CCC(=O)O[C@H](C)COc1ccc(C(=O)CC[C@@](C)(O)c2cc([C@]3(C)CCN3)cc(-c3ccc(F)cc3)n2)cc1OC. The van der Waals surface area contributed by atoms with Gasteiger partial charge in [-0.25, -0.2) is 18.7 Å². The third kappa shape index (κ3) is 16.4. The quantitative estimate of drug-likeness (QED) is 0.0294. The Labute approximate surface area is 490 Å². The third-order valence-corrected chi connectivity index (χ3v) is 15.4. The van der Waals surface area contributed by atoms with E-state index in [0.717, 1.165) is 48.2 Å². The summed E-state index contributed by atoms with van der Waals surface area (Å²) in [4.78, 5) is 58.9. The van der Waals surface area contributed by atoms with Gasteiger partial charge in [-0.3, -0.25) is 19.2 Å². The number of benzene rings is 4. The van der Waals surface area contributed by atoms with Gasteiger partial charge in [-0.05, 0) is 201 Å². The molecule has 0 spiro atoms. The lowest BCUT2D eigenvalue weighted by atomic mass is 9.81. The van der Waals surface area contributed by atoms with Crippen LogP contribution >= 0.6 is 0 Å². The molecule has 2 saturated heterocycles. The topological polar surface area (TPSA) is 214 Å². The van der Waals surface area contributed by atoms with Crippen LogP contribution in [0.2, 0.25) is 0 Å². The Kier molecular flexibility index (Phi) is 21.2. The number of ketones is 2. The van der Waals surface area contributed by atoms with E-state index in [9.17, 15) is 38.2 Å². The molecule has 18 heteroatoms.